The molecule has 0 fully saturated rings. The summed E-state index contributed by atoms with van der Waals surface area (Å²) < 4.78 is 4.45. The molecular formula is C44H31N7. The monoisotopic (exact) mass is 657 g/mol. The van der Waals surface area contributed by atoms with Gasteiger partial charge in [0.25, 0.3) is 0 Å². The van der Waals surface area contributed by atoms with E-state index in [0.717, 1.165) is 60.1 Å². The highest BCUT2D eigenvalue weighted by molar-refractivity contribution is 6.18. The van der Waals surface area contributed by atoms with Crippen molar-refractivity contribution in [2.75, 3.05) is 0 Å². The second kappa shape index (κ2) is 11.1. The maximum atomic E-state index is 5.41. The van der Waals surface area contributed by atoms with Crippen LogP contribution >= 0.6 is 0 Å². The summed E-state index contributed by atoms with van der Waals surface area (Å²) in [5.74, 6) is 2.26. The number of rotatable bonds is 5. The van der Waals surface area contributed by atoms with E-state index < -0.39 is 0 Å². The van der Waals surface area contributed by atoms with Gasteiger partial charge < -0.3 is 4.57 Å². The van der Waals surface area contributed by atoms with Gasteiger partial charge in [0.05, 0.1) is 21.9 Å². The Morgan fingerprint density at radius 2 is 1.12 bits per heavy atom. The van der Waals surface area contributed by atoms with Crippen molar-refractivity contribution < 1.29 is 0 Å². The van der Waals surface area contributed by atoms with Crippen LogP contribution in [-0.2, 0) is 0 Å². The van der Waals surface area contributed by atoms with Crippen LogP contribution in [0.1, 0.15) is 13.8 Å². The topological polar surface area (TPSA) is 74.3 Å². The van der Waals surface area contributed by atoms with Gasteiger partial charge in [0.15, 0.2) is 17.5 Å². The summed E-state index contributed by atoms with van der Waals surface area (Å²) in [5.41, 5.74) is 6.57. The third-order valence-electron chi connectivity index (χ3n) is 9.64. The molecule has 0 saturated heterocycles. The zero-order valence-electron chi connectivity index (χ0n) is 28.1. The Hall–Kier alpha value is -6.73. The molecule has 4 aromatic heterocycles. The van der Waals surface area contributed by atoms with Crippen molar-refractivity contribution in [3.05, 3.63) is 150 Å². The molecule has 1 aliphatic rings. The molecule has 0 saturated carbocycles. The summed E-state index contributed by atoms with van der Waals surface area (Å²) in [6, 6.07) is 45.7. The highest BCUT2D eigenvalue weighted by Crippen LogP contribution is 2.37. The lowest BCUT2D eigenvalue weighted by Gasteiger charge is -2.11. The minimum Gasteiger partial charge on any atom is -0.316 e. The summed E-state index contributed by atoms with van der Waals surface area (Å²) >= 11 is 0. The first-order valence-corrected chi connectivity index (χ1v) is 17.1. The molecule has 242 valence electrons. The van der Waals surface area contributed by atoms with Gasteiger partial charge in [0, 0.05) is 49.8 Å². The summed E-state index contributed by atoms with van der Waals surface area (Å²) in [4.78, 5) is 25.8. The number of benzene rings is 5. The lowest BCUT2D eigenvalue weighted by Crippen LogP contribution is -2.31. The van der Waals surface area contributed by atoms with E-state index in [1.165, 1.54) is 0 Å². The molecule has 0 spiro atoms. The molecule has 0 atom stereocenters. The maximum absolute atomic E-state index is 5.41. The molecule has 0 N–H and O–H groups in total. The molecule has 0 radical (unpaired) electrons. The van der Waals surface area contributed by atoms with Crippen LogP contribution in [0.5, 0.6) is 0 Å². The number of hydrogen-bond acceptors (Lipinski definition) is 5. The molecule has 10 rings (SSSR count). The zero-order valence-corrected chi connectivity index (χ0v) is 28.1. The zero-order chi connectivity index (χ0) is 34.1. The van der Waals surface area contributed by atoms with Crippen molar-refractivity contribution in [2.45, 2.75) is 13.8 Å². The molecule has 1 aliphatic carbocycles. The van der Waals surface area contributed by atoms with E-state index in [-0.39, 0.29) is 5.41 Å². The van der Waals surface area contributed by atoms with Crippen molar-refractivity contribution in [3.63, 3.8) is 0 Å². The van der Waals surface area contributed by atoms with E-state index in [1.807, 2.05) is 66.7 Å². The number of hydrogen-bond donors (Lipinski definition) is 0. The normalized spacial score (nSPS) is 13.4. The third-order valence-corrected chi connectivity index (χ3v) is 9.64. The Morgan fingerprint density at radius 3 is 1.82 bits per heavy atom. The Bertz CT molecular complexity index is 2870. The standard InChI is InChI=1S/C44H31N7/c1-44(2)26-34-35(27-44)45-43(46-38(34)42-48-40(28-14-6-3-7-15-28)47-41(49-42)29-16-8-4-9-17-29)51-37-21-13-12-20-31(37)32-22-23-36-33(39(32)51)24-25-50(36)30-18-10-5-11-19-30/h3-27H,1-2H3. The summed E-state index contributed by atoms with van der Waals surface area (Å²) in [6.45, 7) is 4.37. The molecule has 51 heavy (non-hydrogen) atoms. The van der Waals surface area contributed by atoms with Crippen molar-refractivity contribution in [3.8, 4) is 45.9 Å². The molecule has 4 heterocycles. The fourth-order valence-corrected chi connectivity index (χ4v) is 7.38. The van der Waals surface area contributed by atoms with E-state index in [9.17, 15) is 0 Å². The van der Waals surface area contributed by atoms with Crippen LogP contribution in [-0.4, -0.2) is 34.1 Å². The lowest BCUT2D eigenvalue weighted by atomic mass is 9.96. The largest absolute Gasteiger partial charge is 0.316 e. The van der Waals surface area contributed by atoms with Gasteiger partial charge in [-0.1, -0.05) is 123 Å². The second-order valence-corrected chi connectivity index (χ2v) is 13.6. The Morgan fingerprint density at radius 1 is 0.490 bits per heavy atom. The fourth-order valence-electron chi connectivity index (χ4n) is 7.38. The van der Waals surface area contributed by atoms with Crippen LogP contribution in [0.25, 0.3) is 90.8 Å². The van der Waals surface area contributed by atoms with Gasteiger partial charge in [0.2, 0.25) is 5.95 Å². The molecule has 7 nitrogen and oxygen atoms in total. The Balaban J connectivity index is 1.29. The number of nitrogens with zero attached hydrogens (tertiary/aromatic N) is 7. The van der Waals surface area contributed by atoms with Gasteiger partial charge in [-0.15, -0.1) is 0 Å². The lowest BCUT2D eigenvalue weighted by molar-refractivity contribution is 0.723. The number of fused-ring (bicyclic) bond motifs is 6. The molecule has 0 amide bonds. The minimum atomic E-state index is -0.233. The number of aromatic nitrogens is 7. The van der Waals surface area contributed by atoms with Crippen molar-refractivity contribution in [2.24, 2.45) is 5.41 Å². The maximum Gasteiger partial charge on any atom is 0.235 e. The quantitative estimate of drug-likeness (QED) is 0.186. The SMILES string of the molecule is CC1(C)C=c2nc(-n3c4ccccc4c4ccc5c(ccn5-c5ccccc5)c43)nc(-c3nc(-c4ccccc4)nc(-c4ccccc4)n3)c2=C1. The van der Waals surface area contributed by atoms with Gasteiger partial charge in [0.1, 0.15) is 5.69 Å². The van der Waals surface area contributed by atoms with E-state index >= 15 is 0 Å². The summed E-state index contributed by atoms with van der Waals surface area (Å²) in [5, 5.41) is 5.19. The van der Waals surface area contributed by atoms with Crippen molar-refractivity contribution >= 4 is 44.9 Å². The van der Waals surface area contributed by atoms with Crippen LogP contribution < -0.4 is 10.6 Å². The molecule has 5 aromatic carbocycles. The highest BCUT2D eigenvalue weighted by Gasteiger charge is 2.25. The van der Waals surface area contributed by atoms with Gasteiger partial charge in [-0.2, -0.15) is 0 Å². The van der Waals surface area contributed by atoms with Crippen LogP contribution in [0, 0.1) is 5.41 Å². The van der Waals surface area contributed by atoms with Crippen molar-refractivity contribution in [1.29, 1.82) is 0 Å². The average molecular weight is 658 g/mol. The van der Waals surface area contributed by atoms with Crippen LogP contribution in [0.15, 0.2) is 140 Å². The van der Waals surface area contributed by atoms with Gasteiger partial charge in [-0.05, 0) is 36.4 Å². The van der Waals surface area contributed by atoms with Gasteiger partial charge in [-0.3, -0.25) is 4.57 Å². The first-order chi connectivity index (χ1) is 25.0. The Kier molecular flexibility index (Phi) is 6.39. The van der Waals surface area contributed by atoms with Gasteiger partial charge >= 0.3 is 0 Å². The minimum absolute atomic E-state index is 0.233. The molecule has 0 unspecified atom stereocenters. The average Bonchev–Trinajstić information content (AvgIpc) is 3.85. The predicted molar refractivity (Wildman–Crippen MR) is 205 cm³/mol. The fraction of sp³-hybridized carbons (Fsp3) is 0.0682. The second-order valence-electron chi connectivity index (χ2n) is 13.6. The molecule has 0 bridgehead atoms. The number of para-hydroxylation sites is 2. The highest BCUT2D eigenvalue weighted by atomic mass is 15.2. The van der Waals surface area contributed by atoms with Gasteiger partial charge in [-0.25, -0.2) is 24.9 Å². The predicted octanol–water partition coefficient (Wildman–Crippen LogP) is 8.30. The van der Waals surface area contributed by atoms with E-state index in [2.05, 4.69) is 108 Å². The van der Waals surface area contributed by atoms with Crippen molar-refractivity contribution in [1.82, 2.24) is 34.1 Å². The Labute approximate surface area is 293 Å². The molecule has 9 aromatic rings. The van der Waals surface area contributed by atoms with Crippen LogP contribution in [0.2, 0.25) is 0 Å². The summed E-state index contributed by atoms with van der Waals surface area (Å²) in [6.07, 6.45) is 6.58. The molecule has 7 heteroatoms. The smallest absolute Gasteiger partial charge is 0.235 e. The van der Waals surface area contributed by atoms with Crippen LogP contribution in [0.3, 0.4) is 0 Å². The molecule has 0 aliphatic heterocycles. The van der Waals surface area contributed by atoms with Crippen LogP contribution in [0.4, 0.5) is 0 Å². The first-order valence-electron chi connectivity index (χ1n) is 17.1. The van der Waals surface area contributed by atoms with E-state index in [1.54, 1.807) is 0 Å². The van der Waals surface area contributed by atoms with E-state index in [0.29, 0.717) is 29.1 Å². The third kappa shape index (κ3) is 4.77. The first kappa shape index (κ1) is 29.2. The molecular weight excluding hydrogens is 627 g/mol. The summed E-state index contributed by atoms with van der Waals surface area (Å²) in [7, 11) is 0. The van der Waals surface area contributed by atoms with E-state index in [4.69, 9.17) is 24.9 Å².